The lowest BCUT2D eigenvalue weighted by atomic mass is 10.1. The lowest BCUT2D eigenvalue weighted by Gasteiger charge is -2.12. The Morgan fingerprint density at radius 3 is 2.38 bits per heavy atom. The Kier molecular flexibility index (Phi) is 15.7. The van der Waals surface area contributed by atoms with Gasteiger partial charge in [-0.15, -0.1) is 24.0 Å². The van der Waals surface area contributed by atoms with Gasteiger partial charge in [0.25, 0.3) is 5.91 Å². The second-order valence-electron chi connectivity index (χ2n) is 7.42. The van der Waals surface area contributed by atoms with Gasteiger partial charge < -0.3 is 20.7 Å². The summed E-state index contributed by atoms with van der Waals surface area (Å²) < 4.78 is 5.59. The summed E-state index contributed by atoms with van der Waals surface area (Å²) >= 11 is 0. The van der Waals surface area contributed by atoms with Crippen LogP contribution in [0.3, 0.4) is 0 Å². The normalized spacial score (nSPS) is 12.3. The zero-order valence-corrected chi connectivity index (χ0v) is 20.9. The first kappa shape index (κ1) is 27.6. The van der Waals surface area contributed by atoms with E-state index >= 15 is 0 Å². The van der Waals surface area contributed by atoms with E-state index in [-0.39, 0.29) is 35.9 Å². The highest BCUT2D eigenvalue weighted by molar-refractivity contribution is 14.0. The molecular weight excluding hydrogens is 479 g/mol. The van der Waals surface area contributed by atoms with Crippen molar-refractivity contribution in [2.45, 2.75) is 60.0 Å². The molecule has 0 fully saturated rings. The monoisotopic (exact) mass is 518 g/mol. The third kappa shape index (κ3) is 12.7. The SMILES string of the molecule is CCNC(=NCc1ccc(C(=O)NC(C)CC)cc1)NCCCOCC(C)C.I. The Labute approximate surface area is 193 Å². The van der Waals surface area contributed by atoms with Gasteiger partial charge in [0, 0.05) is 37.9 Å². The van der Waals surface area contributed by atoms with E-state index in [1.165, 1.54) is 0 Å². The van der Waals surface area contributed by atoms with E-state index in [0.717, 1.165) is 50.7 Å². The predicted octanol–water partition coefficient (Wildman–Crippen LogP) is 3.95. The lowest BCUT2D eigenvalue weighted by Crippen LogP contribution is -2.38. The van der Waals surface area contributed by atoms with Crippen LogP contribution in [0.5, 0.6) is 0 Å². The van der Waals surface area contributed by atoms with Gasteiger partial charge in [0.05, 0.1) is 6.54 Å². The molecule has 1 rings (SSSR count). The predicted molar refractivity (Wildman–Crippen MR) is 132 cm³/mol. The van der Waals surface area contributed by atoms with Gasteiger partial charge in [-0.2, -0.15) is 0 Å². The molecule has 1 aromatic rings. The molecule has 1 amide bonds. The maximum absolute atomic E-state index is 12.1. The van der Waals surface area contributed by atoms with Gasteiger partial charge in [-0.05, 0) is 50.3 Å². The molecule has 0 saturated heterocycles. The van der Waals surface area contributed by atoms with Crippen LogP contribution in [-0.2, 0) is 11.3 Å². The number of amides is 1. The maximum Gasteiger partial charge on any atom is 0.251 e. The van der Waals surface area contributed by atoms with Crippen molar-refractivity contribution in [3.63, 3.8) is 0 Å². The molecule has 7 heteroatoms. The highest BCUT2D eigenvalue weighted by atomic mass is 127. The highest BCUT2D eigenvalue weighted by Gasteiger charge is 2.08. The average molecular weight is 518 g/mol. The van der Waals surface area contributed by atoms with Crippen molar-refractivity contribution >= 4 is 35.8 Å². The number of benzene rings is 1. The molecule has 0 aliphatic rings. The number of nitrogens with zero attached hydrogens (tertiary/aromatic N) is 1. The summed E-state index contributed by atoms with van der Waals surface area (Å²) in [4.78, 5) is 16.8. The summed E-state index contributed by atoms with van der Waals surface area (Å²) in [6, 6.07) is 7.81. The lowest BCUT2D eigenvalue weighted by molar-refractivity contribution is 0.0939. The quantitative estimate of drug-likeness (QED) is 0.170. The van der Waals surface area contributed by atoms with Gasteiger partial charge in [0.1, 0.15) is 0 Å². The Hall–Kier alpha value is -1.35. The minimum absolute atomic E-state index is 0. The zero-order valence-electron chi connectivity index (χ0n) is 18.6. The number of ether oxygens (including phenoxy) is 1. The summed E-state index contributed by atoms with van der Waals surface area (Å²) in [5.74, 6) is 1.34. The van der Waals surface area contributed by atoms with Gasteiger partial charge in [0.2, 0.25) is 0 Å². The number of nitrogens with one attached hydrogen (secondary N) is 3. The van der Waals surface area contributed by atoms with Crippen LogP contribution >= 0.6 is 24.0 Å². The minimum Gasteiger partial charge on any atom is -0.381 e. The van der Waals surface area contributed by atoms with Crippen molar-refractivity contribution in [1.29, 1.82) is 0 Å². The van der Waals surface area contributed by atoms with E-state index in [1.54, 1.807) is 0 Å². The number of halogens is 1. The number of carbonyl (C=O) groups is 1. The molecular formula is C22H39IN4O2. The Balaban J connectivity index is 0.00000784. The Morgan fingerprint density at radius 2 is 1.79 bits per heavy atom. The molecule has 0 aromatic heterocycles. The van der Waals surface area contributed by atoms with Crippen molar-refractivity contribution in [2.75, 3.05) is 26.3 Å². The maximum atomic E-state index is 12.1. The summed E-state index contributed by atoms with van der Waals surface area (Å²) in [5, 5.41) is 9.56. The molecule has 0 heterocycles. The van der Waals surface area contributed by atoms with Crippen LogP contribution in [0.2, 0.25) is 0 Å². The molecule has 1 atom stereocenters. The number of hydrogen-bond donors (Lipinski definition) is 3. The molecule has 1 aromatic carbocycles. The molecule has 3 N–H and O–H groups in total. The van der Waals surface area contributed by atoms with Crippen molar-refractivity contribution in [3.05, 3.63) is 35.4 Å². The van der Waals surface area contributed by atoms with Crippen LogP contribution in [-0.4, -0.2) is 44.2 Å². The van der Waals surface area contributed by atoms with Crippen LogP contribution in [0.15, 0.2) is 29.3 Å². The average Bonchev–Trinajstić information content (AvgIpc) is 2.68. The molecule has 0 radical (unpaired) electrons. The molecule has 166 valence electrons. The van der Waals surface area contributed by atoms with E-state index < -0.39 is 0 Å². The number of guanidine groups is 1. The Morgan fingerprint density at radius 1 is 1.10 bits per heavy atom. The number of hydrogen-bond acceptors (Lipinski definition) is 3. The van der Waals surface area contributed by atoms with Gasteiger partial charge in [-0.3, -0.25) is 4.79 Å². The highest BCUT2D eigenvalue weighted by Crippen LogP contribution is 2.06. The van der Waals surface area contributed by atoms with Gasteiger partial charge in [0.15, 0.2) is 5.96 Å². The summed E-state index contributed by atoms with van der Waals surface area (Å²) in [6.45, 7) is 14.2. The first-order valence-electron chi connectivity index (χ1n) is 10.5. The Bertz CT molecular complexity index is 591. The van der Waals surface area contributed by atoms with Crippen LogP contribution in [0.4, 0.5) is 0 Å². The molecule has 29 heavy (non-hydrogen) atoms. The van der Waals surface area contributed by atoms with Gasteiger partial charge in [-0.1, -0.05) is 32.9 Å². The summed E-state index contributed by atoms with van der Waals surface area (Å²) in [7, 11) is 0. The van der Waals surface area contributed by atoms with Crippen LogP contribution < -0.4 is 16.0 Å². The summed E-state index contributed by atoms with van der Waals surface area (Å²) in [5.41, 5.74) is 1.75. The zero-order chi connectivity index (χ0) is 20.8. The van der Waals surface area contributed by atoms with Crippen LogP contribution in [0.25, 0.3) is 0 Å². The van der Waals surface area contributed by atoms with Crippen molar-refractivity contribution in [3.8, 4) is 0 Å². The topological polar surface area (TPSA) is 74.8 Å². The molecule has 0 aliphatic carbocycles. The van der Waals surface area contributed by atoms with Gasteiger partial charge >= 0.3 is 0 Å². The minimum atomic E-state index is -0.0286. The van der Waals surface area contributed by atoms with Crippen molar-refractivity contribution in [2.24, 2.45) is 10.9 Å². The smallest absolute Gasteiger partial charge is 0.251 e. The van der Waals surface area contributed by atoms with E-state index in [9.17, 15) is 4.79 Å². The third-order valence-electron chi connectivity index (χ3n) is 4.18. The molecule has 6 nitrogen and oxygen atoms in total. The fourth-order valence-electron chi connectivity index (χ4n) is 2.38. The molecule has 0 saturated carbocycles. The molecule has 1 unspecified atom stereocenters. The van der Waals surface area contributed by atoms with Crippen molar-refractivity contribution in [1.82, 2.24) is 16.0 Å². The van der Waals surface area contributed by atoms with Crippen LogP contribution in [0, 0.1) is 5.92 Å². The fraction of sp³-hybridized carbons (Fsp3) is 0.636. The van der Waals surface area contributed by atoms with E-state index in [4.69, 9.17) is 4.74 Å². The first-order chi connectivity index (χ1) is 13.5. The summed E-state index contributed by atoms with van der Waals surface area (Å²) in [6.07, 6.45) is 1.86. The van der Waals surface area contributed by atoms with Crippen LogP contribution in [0.1, 0.15) is 63.4 Å². The number of carbonyl (C=O) groups excluding carboxylic acids is 1. The van der Waals surface area contributed by atoms with E-state index in [1.807, 2.05) is 38.1 Å². The second-order valence-corrected chi connectivity index (χ2v) is 7.42. The first-order valence-corrected chi connectivity index (χ1v) is 10.5. The van der Waals surface area contributed by atoms with E-state index in [0.29, 0.717) is 18.0 Å². The number of rotatable bonds is 12. The third-order valence-corrected chi connectivity index (χ3v) is 4.18. The second kappa shape index (κ2) is 16.4. The standard InChI is InChI=1S/C22H38N4O2.HI/c1-6-18(5)26-21(27)20-11-9-19(10-12-20)15-25-22(23-7-2)24-13-8-14-28-16-17(3)4;/h9-12,17-18H,6-8,13-16H2,1-5H3,(H,26,27)(H2,23,24,25);1H. The molecule has 0 spiro atoms. The molecule has 0 bridgehead atoms. The van der Waals surface area contributed by atoms with E-state index in [2.05, 4.69) is 41.7 Å². The van der Waals surface area contributed by atoms with Crippen molar-refractivity contribution < 1.29 is 9.53 Å². The molecule has 0 aliphatic heterocycles. The number of aliphatic imine (C=N–C) groups is 1. The van der Waals surface area contributed by atoms with Gasteiger partial charge in [-0.25, -0.2) is 4.99 Å². The largest absolute Gasteiger partial charge is 0.381 e. The fourth-order valence-corrected chi connectivity index (χ4v) is 2.38.